The quantitative estimate of drug-likeness (QED) is 0.541. The Labute approximate surface area is 204 Å². The molecule has 0 saturated carbocycles. The summed E-state index contributed by atoms with van der Waals surface area (Å²) in [6, 6.07) is 12.0. The molecule has 0 radical (unpaired) electrons. The van der Waals surface area contributed by atoms with E-state index in [-0.39, 0.29) is 23.1 Å². The first-order valence-corrected chi connectivity index (χ1v) is 13.1. The van der Waals surface area contributed by atoms with Crippen molar-refractivity contribution in [1.29, 1.82) is 0 Å². The molecule has 2 amide bonds. The van der Waals surface area contributed by atoms with Gasteiger partial charge in [-0.2, -0.15) is 4.31 Å². The molecular formula is C25H28N4O5S. The summed E-state index contributed by atoms with van der Waals surface area (Å²) in [5, 5.41) is 4.08. The van der Waals surface area contributed by atoms with Gasteiger partial charge in [-0.25, -0.2) is 8.42 Å². The Morgan fingerprint density at radius 3 is 2.69 bits per heavy atom. The molecule has 1 aromatic heterocycles. The van der Waals surface area contributed by atoms with Crippen LogP contribution in [0.3, 0.4) is 0 Å². The van der Waals surface area contributed by atoms with Crippen molar-refractivity contribution in [3.63, 3.8) is 0 Å². The predicted molar refractivity (Wildman–Crippen MR) is 132 cm³/mol. The molecular weight excluding hydrogens is 468 g/mol. The van der Waals surface area contributed by atoms with Gasteiger partial charge >= 0.3 is 0 Å². The Balaban J connectivity index is 1.30. The number of sulfonamides is 1. The summed E-state index contributed by atoms with van der Waals surface area (Å²) in [5.41, 5.74) is 3.41. The Bertz CT molecular complexity index is 1380. The molecule has 10 heteroatoms. The number of para-hydroxylation sites is 1. The Kier molecular flexibility index (Phi) is 6.35. The van der Waals surface area contributed by atoms with E-state index in [9.17, 15) is 18.0 Å². The SMILES string of the molecule is CC(=O)N1c2ccc(S(=O)(=O)N3CCOCC3)cc2C[C@H]1C(=O)NCCc1c[nH]c2ccccc12. The van der Waals surface area contributed by atoms with E-state index in [2.05, 4.69) is 10.3 Å². The van der Waals surface area contributed by atoms with Gasteiger partial charge in [-0.05, 0) is 41.8 Å². The van der Waals surface area contributed by atoms with Gasteiger partial charge in [0.25, 0.3) is 0 Å². The third kappa shape index (κ3) is 4.44. The first-order chi connectivity index (χ1) is 16.9. The first kappa shape index (κ1) is 23.5. The Morgan fingerprint density at radius 2 is 1.91 bits per heavy atom. The zero-order valence-electron chi connectivity index (χ0n) is 19.5. The van der Waals surface area contributed by atoms with Crippen LogP contribution in [-0.4, -0.2) is 68.4 Å². The van der Waals surface area contributed by atoms with Crippen LogP contribution in [-0.2, 0) is 37.2 Å². The average molecular weight is 497 g/mol. The topological polar surface area (TPSA) is 112 Å². The number of morpholine rings is 1. The molecule has 5 rings (SSSR count). The van der Waals surface area contributed by atoms with Crippen LogP contribution in [0.4, 0.5) is 5.69 Å². The van der Waals surface area contributed by atoms with Crippen LogP contribution in [0.2, 0.25) is 0 Å². The highest BCUT2D eigenvalue weighted by Gasteiger charge is 2.38. The normalized spacial score (nSPS) is 18.5. The maximum atomic E-state index is 13.1. The summed E-state index contributed by atoms with van der Waals surface area (Å²) >= 11 is 0. The fourth-order valence-corrected chi connectivity index (χ4v) is 6.36. The number of hydrogen-bond acceptors (Lipinski definition) is 5. The minimum atomic E-state index is -3.67. The molecule has 0 bridgehead atoms. The number of nitrogens with one attached hydrogen (secondary N) is 2. The lowest BCUT2D eigenvalue weighted by Gasteiger charge is -2.26. The van der Waals surface area contributed by atoms with Gasteiger partial charge in [0, 0.05) is 55.8 Å². The lowest BCUT2D eigenvalue weighted by atomic mass is 10.1. The zero-order chi connectivity index (χ0) is 24.6. The van der Waals surface area contributed by atoms with E-state index < -0.39 is 16.1 Å². The van der Waals surface area contributed by atoms with Crippen LogP contribution in [0.15, 0.2) is 53.6 Å². The van der Waals surface area contributed by atoms with E-state index in [1.165, 1.54) is 22.2 Å². The number of carbonyl (C=O) groups excluding carboxylic acids is 2. The van der Waals surface area contributed by atoms with Crippen molar-refractivity contribution in [2.24, 2.45) is 0 Å². The number of nitrogens with zero attached hydrogens (tertiary/aromatic N) is 2. The van der Waals surface area contributed by atoms with Crippen molar-refractivity contribution in [1.82, 2.24) is 14.6 Å². The monoisotopic (exact) mass is 496 g/mol. The van der Waals surface area contributed by atoms with Crippen molar-refractivity contribution in [3.8, 4) is 0 Å². The summed E-state index contributed by atoms with van der Waals surface area (Å²) < 4.78 is 32.8. The van der Waals surface area contributed by atoms with Gasteiger partial charge in [-0.1, -0.05) is 18.2 Å². The highest BCUT2D eigenvalue weighted by Crippen LogP contribution is 2.35. The fourth-order valence-electron chi connectivity index (χ4n) is 4.90. The van der Waals surface area contributed by atoms with E-state index >= 15 is 0 Å². The van der Waals surface area contributed by atoms with Crippen LogP contribution in [0.25, 0.3) is 10.9 Å². The van der Waals surface area contributed by atoms with Crippen molar-refractivity contribution in [2.75, 3.05) is 37.7 Å². The second kappa shape index (κ2) is 9.44. The van der Waals surface area contributed by atoms with Gasteiger partial charge in [0.2, 0.25) is 21.8 Å². The standard InChI is InChI=1S/C25H28N4O5S/c1-17(30)29-23-7-6-20(35(32,33)28-10-12-34-13-11-28)14-19(23)15-24(29)25(31)26-9-8-18-16-27-22-5-3-2-4-21(18)22/h2-7,14,16,24,27H,8-13,15H2,1H3,(H,26,31)/t24-/m0/s1. The highest BCUT2D eigenvalue weighted by atomic mass is 32.2. The van der Waals surface area contributed by atoms with Crippen molar-refractivity contribution in [3.05, 3.63) is 59.8 Å². The Morgan fingerprint density at radius 1 is 1.14 bits per heavy atom. The summed E-state index contributed by atoms with van der Waals surface area (Å²) in [5.74, 6) is -0.516. The van der Waals surface area contributed by atoms with Gasteiger partial charge in [0.1, 0.15) is 6.04 Å². The number of hydrogen-bond donors (Lipinski definition) is 2. The molecule has 2 aromatic carbocycles. The fraction of sp³-hybridized carbons (Fsp3) is 0.360. The van der Waals surface area contributed by atoms with Crippen LogP contribution in [0.5, 0.6) is 0 Å². The number of aromatic nitrogens is 1. The van der Waals surface area contributed by atoms with Gasteiger partial charge < -0.3 is 15.0 Å². The van der Waals surface area contributed by atoms with Crippen molar-refractivity contribution >= 4 is 38.4 Å². The molecule has 9 nitrogen and oxygen atoms in total. The van der Waals surface area contributed by atoms with Crippen molar-refractivity contribution in [2.45, 2.75) is 30.7 Å². The Hall–Kier alpha value is -3.21. The van der Waals surface area contributed by atoms with E-state index in [0.29, 0.717) is 50.5 Å². The number of benzene rings is 2. The third-order valence-electron chi connectivity index (χ3n) is 6.65. The summed E-state index contributed by atoms with van der Waals surface area (Å²) in [7, 11) is -3.67. The molecule has 1 fully saturated rings. The number of amides is 2. The maximum absolute atomic E-state index is 13.1. The van der Waals surface area contributed by atoms with Crippen LogP contribution in [0, 0.1) is 0 Å². The predicted octanol–water partition coefficient (Wildman–Crippen LogP) is 1.83. The largest absolute Gasteiger partial charge is 0.379 e. The molecule has 0 aliphatic carbocycles. The average Bonchev–Trinajstić information content (AvgIpc) is 3.46. The van der Waals surface area contributed by atoms with Crippen LogP contribution >= 0.6 is 0 Å². The van der Waals surface area contributed by atoms with E-state index in [1.807, 2.05) is 30.5 Å². The van der Waals surface area contributed by atoms with Crippen LogP contribution < -0.4 is 10.2 Å². The number of aromatic amines is 1. The minimum Gasteiger partial charge on any atom is -0.379 e. The number of ether oxygens (including phenoxy) is 1. The molecule has 184 valence electrons. The summed E-state index contributed by atoms with van der Waals surface area (Å²) in [6.45, 7) is 3.18. The second-order valence-corrected chi connectivity index (χ2v) is 10.8. The number of H-pyrrole nitrogens is 1. The summed E-state index contributed by atoms with van der Waals surface area (Å²) in [6.07, 6.45) is 2.86. The molecule has 1 atom stereocenters. The highest BCUT2D eigenvalue weighted by molar-refractivity contribution is 7.89. The van der Waals surface area contributed by atoms with Crippen LogP contribution in [0.1, 0.15) is 18.1 Å². The second-order valence-electron chi connectivity index (χ2n) is 8.82. The third-order valence-corrected chi connectivity index (χ3v) is 8.55. The number of fused-ring (bicyclic) bond motifs is 2. The van der Waals surface area contributed by atoms with Crippen molar-refractivity contribution < 1.29 is 22.7 Å². The molecule has 2 aliphatic rings. The molecule has 2 aliphatic heterocycles. The van der Waals surface area contributed by atoms with Gasteiger partial charge in [0.15, 0.2) is 0 Å². The van der Waals surface area contributed by atoms with Gasteiger partial charge in [-0.15, -0.1) is 0 Å². The molecule has 3 heterocycles. The molecule has 0 unspecified atom stereocenters. The van der Waals surface area contributed by atoms with E-state index in [1.54, 1.807) is 12.1 Å². The first-order valence-electron chi connectivity index (χ1n) is 11.7. The molecule has 35 heavy (non-hydrogen) atoms. The lowest BCUT2D eigenvalue weighted by Crippen LogP contribution is -2.47. The summed E-state index contributed by atoms with van der Waals surface area (Å²) in [4.78, 5) is 30.4. The number of carbonyl (C=O) groups is 2. The molecule has 1 saturated heterocycles. The van der Waals surface area contributed by atoms with E-state index in [0.717, 1.165) is 16.5 Å². The number of rotatable bonds is 6. The smallest absolute Gasteiger partial charge is 0.243 e. The molecule has 0 spiro atoms. The van der Waals surface area contributed by atoms with Gasteiger partial charge in [0.05, 0.1) is 18.1 Å². The minimum absolute atomic E-state index is 0.169. The van der Waals surface area contributed by atoms with E-state index in [4.69, 9.17) is 4.74 Å². The number of anilines is 1. The zero-order valence-corrected chi connectivity index (χ0v) is 20.3. The maximum Gasteiger partial charge on any atom is 0.243 e. The molecule has 3 aromatic rings. The van der Waals surface area contributed by atoms with Gasteiger partial charge in [-0.3, -0.25) is 14.5 Å². The lowest BCUT2D eigenvalue weighted by molar-refractivity contribution is -0.125. The molecule has 2 N–H and O–H groups in total.